The van der Waals surface area contributed by atoms with Gasteiger partial charge in [-0.05, 0) is 35.9 Å². The van der Waals surface area contributed by atoms with Gasteiger partial charge < -0.3 is 4.98 Å². The van der Waals surface area contributed by atoms with E-state index in [1.165, 1.54) is 19.9 Å². The maximum Gasteiger partial charge on any atom is 0.399 e. The van der Waals surface area contributed by atoms with Crippen LogP contribution in [0.2, 0.25) is 0 Å². The van der Waals surface area contributed by atoms with Gasteiger partial charge >= 0.3 is 6.18 Å². The van der Waals surface area contributed by atoms with Crippen molar-refractivity contribution in [1.29, 1.82) is 0 Å². The monoisotopic (exact) mass is 565 g/mol. The second-order valence-corrected chi connectivity index (χ2v) is 5.99. The Hall–Kier alpha value is -2.37. The molecule has 0 atom stereocenters. The van der Waals surface area contributed by atoms with Crippen molar-refractivity contribution in [2.24, 2.45) is 0 Å². The Bertz CT molecular complexity index is 959. The number of benzene rings is 2. The van der Waals surface area contributed by atoms with E-state index in [0.29, 0.717) is 11.3 Å². The Morgan fingerprint density at radius 2 is 1.61 bits per heavy atom. The molecule has 0 spiro atoms. The normalized spacial score (nSPS) is 10.5. The standard InChI is InChI=1S/C16H9F3N.C5H8O2.Ir/c17-16(18,19)14-7-3-6-12(8-14)15-9-11-4-1-2-5-13(11)10-20-15;1-4(6)3-5(2)7;/h1-5,7-10H;3H2,1-2H3;/q-1;;. The summed E-state index contributed by atoms with van der Waals surface area (Å²) in [5, 5.41) is 1.88. The molecule has 0 amide bonds. The molecule has 0 aliphatic heterocycles. The number of rotatable bonds is 3. The summed E-state index contributed by atoms with van der Waals surface area (Å²) in [6, 6.07) is 15.5. The first-order valence-electron chi connectivity index (χ1n) is 8.10. The number of alkyl halides is 3. The molecule has 0 unspecified atom stereocenters. The van der Waals surface area contributed by atoms with Crippen LogP contribution < -0.4 is 0 Å². The summed E-state index contributed by atoms with van der Waals surface area (Å²) in [5.74, 6) is -0.125. The van der Waals surface area contributed by atoms with E-state index in [2.05, 4.69) is 11.1 Å². The molecule has 3 rings (SSSR count). The van der Waals surface area contributed by atoms with Crippen LogP contribution in [-0.4, -0.2) is 16.6 Å². The van der Waals surface area contributed by atoms with Crippen LogP contribution in [0.3, 0.4) is 0 Å². The van der Waals surface area contributed by atoms with Crippen molar-refractivity contribution in [2.45, 2.75) is 26.4 Å². The van der Waals surface area contributed by atoms with Crippen molar-refractivity contribution in [3.05, 3.63) is 66.4 Å². The number of fused-ring (bicyclic) bond motifs is 1. The fourth-order valence-electron chi connectivity index (χ4n) is 2.37. The molecular weight excluding hydrogens is 547 g/mol. The average molecular weight is 565 g/mol. The predicted molar refractivity (Wildman–Crippen MR) is 97.0 cm³/mol. The van der Waals surface area contributed by atoms with Crippen molar-refractivity contribution in [3.8, 4) is 11.3 Å². The van der Waals surface area contributed by atoms with Gasteiger partial charge in [0.1, 0.15) is 11.6 Å². The van der Waals surface area contributed by atoms with Gasteiger partial charge in [0.25, 0.3) is 0 Å². The van der Waals surface area contributed by atoms with Crippen LogP contribution in [0.1, 0.15) is 25.8 Å². The number of pyridine rings is 1. The van der Waals surface area contributed by atoms with Gasteiger partial charge in [0.15, 0.2) is 0 Å². The van der Waals surface area contributed by atoms with Gasteiger partial charge in [-0.1, -0.05) is 30.3 Å². The zero-order chi connectivity index (χ0) is 20.0. The number of hydrogen-bond donors (Lipinski definition) is 0. The van der Waals surface area contributed by atoms with E-state index in [9.17, 15) is 22.8 Å². The van der Waals surface area contributed by atoms with E-state index in [1.54, 1.807) is 12.3 Å². The summed E-state index contributed by atoms with van der Waals surface area (Å²) >= 11 is 0. The number of Topliss-reactive ketones (excluding diaryl/α,β-unsaturated/α-hetero) is 2. The Morgan fingerprint density at radius 1 is 1.00 bits per heavy atom. The molecule has 3 nitrogen and oxygen atoms in total. The largest absolute Gasteiger partial charge is 0.399 e. The molecule has 0 fully saturated rings. The minimum Gasteiger partial charge on any atom is -0.304 e. The SMILES string of the molecule is CC(=O)CC(C)=O.FC(F)(F)c1cc[c-]c(-c2cc3ccccc3cn2)c1.[Ir]. The number of ketones is 2. The summed E-state index contributed by atoms with van der Waals surface area (Å²) in [6.07, 6.45) is -2.63. The van der Waals surface area contributed by atoms with E-state index in [4.69, 9.17) is 0 Å². The molecule has 1 radical (unpaired) electrons. The van der Waals surface area contributed by atoms with Crippen LogP contribution in [-0.2, 0) is 35.9 Å². The molecule has 0 saturated heterocycles. The first kappa shape index (κ1) is 23.7. The first-order chi connectivity index (χ1) is 12.7. The summed E-state index contributed by atoms with van der Waals surface area (Å²) in [4.78, 5) is 24.3. The predicted octanol–water partition coefficient (Wildman–Crippen LogP) is 5.27. The Labute approximate surface area is 174 Å². The topological polar surface area (TPSA) is 47.0 Å². The molecular formula is C21H17F3IrNO2-. The van der Waals surface area contributed by atoms with Crippen molar-refractivity contribution < 1.29 is 42.9 Å². The third kappa shape index (κ3) is 6.98. The molecule has 3 aromatic rings. The molecule has 1 aromatic heterocycles. The third-order valence-electron chi connectivity index (χ3n) is 3.53. The van der Waals surface area contributed by atoms with Gasteiger partial charge in [-0.15, -0.1) is 29.8 Å². The van der Waals surface area contributed by atoms with Crippen LogP contribution in [0.4, 0.5) is 13.2 Å². The van der Waals surface area contributed by atoms with Crippen molar-refractivity contribution in [3.63, 3.8) is 0 Å². The number of carbonyl (C=O) groups is 2. The number of hydrogen-bond acceptors (Lipinski definition) is 3. The zero-order valence-corrected chi connectivity index (χ0v) is 17.5. The number of aromatic nitrogens is 1. The first-order valence-corrected chi connectivity index (χ1v) is 8.10. The van der Waals surface area contributed by atoms with Crippen molar-refractivity contribution in [1.82, 2.24) is 4.98 Å². The smallest absolute Gasteiger partial charge is 0.304 e. The van der Waals surface area contributed by atoms with Crippen molar-refractivity contribution in [2.75, 3.05) is 0 Å². The van der Waals surface area contributed by atoms with Gasteiger partial charge in [-0.3, -0.25) is 9.59 Å². The second kappa shape index (κ2) is 10.2. The maximum absolute atomic E-state index is 12.7. The van der Waals surface area contributed by atoms with Gasteiger partial charge in [-0.25, -0.2) is 0 Å². The minimum absolute atomic E-state index is 0. The van der Waals surface area contributed by atoms with Crippen LogP contribution in [0, 0.1) is 6.07 Å². The molecule has 7 heteroatoms. The molecule has 0 N–H and O–H groups in total. The van der Waals surface area contributed by atoms with E-state index in [0.717, 1.165) is 22.9 Å². The summed E-state index contributed by atoms with van der Waals surface area (Å²) in [7, 11) is 0. The molecule has 0 aliphatic rings. The van der Waals surface area contributed by atoms with Gasteiger partial charge in [0, 0.05) is 26.3 Å². The Morgan fingerprint density at radius 3 is 2.14 bits per heavy atom. The average Bonchev–Trinajstić information content (AvgIpc) is 2.60. The molecule has 0 saturated carbocycles. The quantitative estimate of drug-likeness (QED) is 0.322. The van der Waals surface area contributed by atoms with Crippen LogP contribution >= 0.6 is 0 Å². The third-order valence-corrected chi connectivity index (χ3v) is 3.53. The summed E-state index contributed by atoms with van der Waals surface area (Å²) in [5.41, 5.74) is 0.126. The van der Waals surface area contributed by atoms with Gasteiger partial charge in [0.05, 0.1) is 6.42 Å². The van der Waals surface area contributed by atoms with Gasteiger partial charge in [-0.2, -0.15) is 13.2 Å². The zero-order valence-electron chi connectivity index (χ0n) is 15.1. The number of carbonyl (C=O) groups excluding carboxylic acids is 2. The molecule has 2 aromatic carbocycles. The molecule has 28 heavy (non-hydrogen) atoms. The summed E-state index contributed by atoms with van der Waals surface area (Å²) < 4.78 is 38.1. The Kier molecular flexibility index (Phi) is 8.66. The number of halogens is 3. The number of nitrogens with zero attached hydrogens (tertiary/aromatic N) is 1. The molecule has 0 bridgehead atoms. The van der Waals surface area contributed by atoms with Crippen LogP contribution in [0.5, 0.6) is 0 Å². The Balaban J connectivity index is 0.000000425. The van der Waals surface area contributed by atoms with Crippen LogP contribution in [0.15, 0.2) is 54.7 Å². The maximum atomic E-state index is 12.7. The molecule has 0 aliphatic carbocycles. The van der Waals surface area contributed by atoms with Crippen molar-refractivity contribution >= 4 is 22.3 Å². The summed E-state index contributed by atoms with van der Waals surface area (Å²) in [6.45, 7) is 2.81. The minimum atomic E-state index is -4.36. The fourth-order valence-corrected chi connectivity index (χ4v) is 2.37. The molecule has 1 heterocycles. The fraction of sp³-hybridized carbons (Fsp3) is 0.190. The molecule has 149 valence electrons. The van der Waals surface area contributed by atoms with Crippen LogP contribution in [0.25, 0.3) is 22.0 Å². The van der Waals surface area contributed by atoms with E-state index < -0.39 is 11.7 Å². The van der Waals surface area contributed by atoms with Gasteiger partial charge in [0.2, 0.25) is 0 Å². The van der Waals surface area contributed by atoms with E-state index in [1.807, 2.05) is 24.3 Å². The van der Waals surface area contributed by atoms with E-state index in [-0.39, 0.29) is 38.1 Å². The second-order valence-electron chi connectivity index (χ2n) is 5.99. The van der Waals surface area contributed by atoms with E-state index >= 15 is 0 Å².